The molecule has 2 amide bonds. The van der Waals surface area contributed by atoms with Gasteiger partial charge in [-0.3, -0.25) is 14.5 Å². The van der Waals surface area contributed by atoms with Crippen LogP contribution in [0.25, 0.3) is 0 Å². The predicted octanol–water partition coefficient (Wildman–Crippen LogP) is 1.67. The van der Waals surface area contributed by atoms with Crippen LogP contribution in [0.3, 0.4) is 0 Å². The van der Waals surface area contributed by atoms with Gasteiger partial charge in [-0.1, -0.05) is 28.9 Å². The van der Waals surface area contributed by atoms with Crippen molar-refractivity contribution in [1.82, 2.24) is 4.90 Å². The highest BCUT2D eigenvalue weighted by Crippen LogP contribution is 2.25. The molecular formula is C14H15BrN2O3. The van der Waals surface area contributed by atoms with E-state index in [1.54, 1.807) is 0 Å². The third-order valence-corrected chi connectivity index (χ3v) is 3.55. The lowest BCUT2D eigenvalue weighted by molar-refractivity contribution is -0.137. The molecule has 0 bridgehead atoms. The first-order valence-electron chi connectivity index (χ1n) is 6.30. The maximum atomic E-state index is 12.0. The van der Waals surface area contributed by atoms with Crippen molar-refractivity contribution in [1.29, 1.82) is 0 Å². The Morgan fingerprint density at radius 1 is 1.35 bits per heavy atom. The summed E-state index contributed by atoms with van der Waals surface area (Å²) in [4.78, 5) is 24.7. The topological polar surface area (TPSA) is 69.6 Å². The molecule has 0 radical (unpaired) electrons. The van der Waals surface area contributed by atoms with Gasteiger partial charge in [-0.25, -0.2) is 0 Å². The number of aliphatic hydroxyl groups is 1. The van der Waals surface area contributed by atoms with Gasteiger partial charge in [0.2, 0.25) is 0 Å². The molecule has 0 saturated carbocycles. The van der Waals surface area contributed by atoms with Gasteiger partial charge in [-0.2, -0.15) is 0 Å². The van der Waals surface area contributed by atoms with Gasteiger partial charge < -0.3 is 10.4 Å². The van der Waals surface area contributed by atoms with Crippen LogP contribution < -0.4 is 5.32 Å². The molecule has 5 nitrogen and oxygen atoms in total. The van der Waals surface area contributed by atoms with E-state index in [-0.39, 0.29) is 18.8 Å². The lowest BCUT2D eigenvalue weighted by Crippen LogP contribution is -2.34. The predicted molar refractivity (Wildman–Crippen MR) is 79.0 cm³/mol. The number of rotatable bonds is 5. The molecule has 1 aromatic rings. The van der Waals surface area contributed by atoms with Gasteiger partial charge >= 0.3 is 0 Å². The number of aliphatic hydroxyl groups excluding tert-OH is 1. The zero-order chi connectivity index (χ0) is 14.7. The summed E-state index contributed by atoms with van der Waals surface area (Å²) in [6.45, 7) is 1.79. The largest absolute Gasteiger partial charge is 0.395 e. The fourth-order valence-corrected chi connectivity index (χ4v) is 2.39. The molecule has 1 aromatic carbocycles. The Morgan fingerprint density at radius 3 is 2.75 bits per heavy atom. The van der Waals surface area contributed by atoms with Gasteiger partial charge in [-0.05, 0) is 24.1 Å². The van der Waals surface area contributed by atoms with E-state index in [9.17, 15) is 9.59 Å². The summed E-state index contributed by atoms with van der Waals surface area (Å²) in [6, 6.07) is 5.75. The number of halogens is 1. The van der Waals surface area contributed by atoms with E-state index in [4.69, 9.17) is 5.11 Å². The number of aryl methyl sites for hydroxylation is 1. The molecule has 0 unspecified atom stereocenters. The average Bonchev–Trinajstić information content (AvgIpc) is 2.67. The zero-order valence-electron chi connectivity index (χ0n) is 11.0. The monoisotopic (exact) mass is 338 g/mol. The van der Waals surface area contributed by atoms with Gasteiger partial charge in [-0.15, -0.1) is 0 Å². The van der Waals surface area contributed by atoms with Crippen LogP contribution >= 0.6 is 15.9 Å². The van der Waals surface area contributed by atoms with Crippen LogP contribution in [0.2, 0.25) is 0 Å². The minimum atomic E-state index is -0.411. The Bertz CT molecular complexity index is 584. The molecule has 1 aliphatic rings. The Kier molecular flexibility index (Phi) is 4.57. The Hall–Kier alpha value is -1.66. The Morgan fingerprint density at radius 2 is 2.10 bits per heavy atom. The van der Waals surface area contributed by atoms with Gasteiger partial charge in [0.1, 0.15) is 5.70 Å². The number of hydrogen-bond donors (Lipinski definition) is 2. The molecule has 0 atom stereocenters. The molecule has 0 aromatic heterocycles. The van der Waals surface area contributed by atoms with Gasteiger partial charge in [0.25, 0.3) is 11.8 Å². The molecule has 6 heteroatoms. The van der Waals surface area contributed by atoms with Crippen LogP contribution in [0.15, 0.2) is 34.4 Å². The highest BCUT2D eigenvalue weighted by atomic mass is 79.9. The summed E-state index contributed by atoms with van der Waals surface area (Å²) in [7, 11) is 0. The number of amides is 2. The van der Waals surface area contributed by atoms with Crippen LogP contribution in [-0.4, -0.2) is 35.0 Å². The van der Waals surface area contributed by atoms with Crippen molar-refractivity contribution < 1.29 is 14.7 Å². The van der Waals surface area contributed by atoms with Gasteiger partial charge in [0.15, 0.2) is 0 Å². The number of hydrogen-bond acceptors (Lipinski definition) is 4. The fraction of sp³-hybridized carbons (Fsp3) is 0.286. The lowest BCUT2D eigenvalue weighted by atomic mass is 10.1. The number of carbonyl (C=O) groups is 2. The van der Waals surface area contributed by atoms with Crippen LogP contribution in [0.1, 0.15) is 12.5 Å². The van der Waals surface area contributed by atoms with Crippen LogP contribution in [0.4, 0.5) is 5.69 Å². The van der Waals surface area contributed by atoms with Crippen LogP contribution in [0, 0.1) is 0 Å². The second kappa shape index (κ2) is 6.19. The highest BCUT2D eigenvalue weighted by molar-refractivity contribution is 9.10. The molecule has 1 aliphatic heterocycles. The first-order chi connectivity index (χ1) is 9.56. The van der Waals surface area contributed by atoms with Crippen molar-refractivity contribution in [3.05, 3.63) is 40.0 Å². The molecule has 106 valence electrons. The van der Waals surface area contributed by atoms with Crippen molar-refractivity contribution in [2.45, 2.75) is 13.3 Å². The van der Waals surface area contributed by atoms with Crippen LogP contribution in [-0.2, 0) is 16.0 Å². The SMILES string of the molecule is CCc1ccc(Br)cc1NC1=CC(=O)N(CCO)C1=O. The average molecular weight is 339 g/mol. The molecule has 0 fully saturated rings. The molecule has 2 rings (SSSR count). The molecule has 0 aliphatic carbocycles. The highest BCUT2D eigenvalue weighted by Gasteiger charge is 2.30. The smallest absolute Gasteiger partial charge is 0.277 e. The van der Waals surface area contributed by atoms with Crippen molar-refractivity contribution >= 4 is 33.4 Å². The number of nitrogens with zero attached hydrogens (tertiary/aromatic N) is 1. The first-order valence-corrected chi connectivity index (χ1v) is 7.10. The number of benzene rings is 1. The minimum absolute atomic E-state index is 0.0124. The molecule has 2 N–H and O–H groups in total. The zero-order valence-corrected chi connectivity index (χ0v) is 12.6. The van der Waals surface area contributed by atoms with Crippen molar-refractivity contribution in [2.75, 3.05) is 18.5 Å². The maximum absolute atomic E-state index is 12.0. The van der Waals surface area contributed by atoms with E-state index in [0.29, 0.717) is 0 Å². The summed E-state index contributed by atoms with van der Waals surface area (Å²) < 4.78 is 0.891. The van der Waals surface area contributed by atoms with E-state index >= 15 is 0 Å². The third-order valence-electron chi connectivity index (χ3n) is 3.06. The van der Waals surface area contributed by atoms with E-state index in [0.717, 1.165) is 27.0 Å². The quantitative estimate of drug-likeness (QED) is 0.801. The summed E-state index contributed by atoms with van der Waals surface area (Å²) in [5, 5.41) is 11.9. The molecule has 0 saturated heterocycles. The molecular weight excluding hydrogens is 324 g/mol. The molecule has 1 heterocycles. The molecule has 0 spiro atoms. The van der Waals surface area contributed by atoms with Crippen molar-refractivity contribution in [3.63, 3.8) is 0 Å². The lowest BCUT2D eigenvalue weighted by Gasteiger charge is -2.15. The first kappa shape index (κ1) is 14.7. The molecule has 20 heavy (non-hydrogen) atoms. The Balaban J connectivity index is 2.23. The van der Waals surface area contributed by atoms with E-state index in [1.807, 2.05) is 25.1 Å². The maximum Gasteiger partial charge on any atom is 0.277 e. The summed E-state index contributed by atoms with van der Waals surface area (Å²) >= 11 is 3.38. The normalized spacial score (nSPS) is 14.8. The standard InChI is InChI=1S/C14H15BrN2O3/c1-2-9-3-4-10(15)7-11(9)16-12-8-13(19)17(5-6-18)14(12)20/h3-4,7-8,16,18H,2,5-6H2,1H3. The summed E-state index contributed by atoms with van der Waals surface area (Å²) in [6.07, 6.45) is 2.07. The number of carbonyl (C=O) groups excluding carboxylic acids is 2. The van der Waals surface area contributed by atoms with E-state index in [1.165, 1.54) is 6.08 Å². The second-order valence-electron chi connectivity index (χ2n) is 4.36. The minimum Gasteiger partial charge on any atom is -0.395 e. The van der Waals surface area contributed by atoms with Gasteiger partial charge in [0, 0.05) is 16.2 Å². The second-order valence-corrected chi connectivity index (χ2v) is 5.27. The number of imide groups is 1. The summed E-state index contributed by atoms with van der Waals surface area (Å²) in [5.41, 5.74) is 2.08. The number of β-amino-alcohol motifs (C(OH)–C–C–N with tert-alkyl or cyclic N) is 1. The van der Waals surface area contributed by atoms with E-state index < -0.39 is 11.8 Å². The summed E-state index contributed by atoms with van der Waals surface area (Å²) in [5.74, 6) is -0.814. The fourth-order valence-electron chi connectivity index (χ4n) is 2.03. The van der Waals surface area contributed by atoms with Crippen molar-refractivity contribution in [3.8, 4) is 0 Å². The van der Waals surface area contributed by atoms with E-state index in [2.05, 4.69) is 21.2 Å². The Labute approximate surface area is 125 Å². The van der Waals surface area contributed by atoms with Crippen LogP contribution in [0.5, 0.6) is 0 Å². The number of anilines is 1. The van der Waals surface area contributed by atoms with Gasteiger partial charge in [0.05, 0.1) is 13.2 Å². The number of nitrogens with one attached hydrogen (secondary N) is 1. The van der Waals surface area contributed by atoms with Crippen molar-refractivity contribution in [2.24, 2.45) is 0 Å². The third kappa shape index (κ3) is 2.91.